The van der Waals surface area contributed by atoms with E-state index in [1.165, 1.54) is 12.3 Å². The Morgan fingerprint density at radius 3 is 2.62 bits per heavy atom. The summed E-state index contributed by atoms with van der Waals surface area (Å²) in [5, 5.41) is 13.6. The summed E-state index contributed by atoms with van der Waals surface area (Å²) >= 11 is 0. The Hall–Kier alpha value is -3.35. The van der Waals surface area contributed by atoms with E-state index < -0.39 is 0 Å². The van der Waals surface area contributed by atoms with Crippen LogP contribution in [0.5, 0.6) is 0 Å². The number of anilines is 3. The molecule has 0 saturated carbocycles. The van der Waals surface area contributed by atoms with E-state index >= 15 is 0 Å². The van der Waals surface area contributed by atoms with Crippen molar-refractivity contribution in [3.8, 4) is 0 Å². The summed E-state index contributed by atoms with van der Waals surface area (Å²) < 4.78 is 13.7. The lowest BCUT2D eigenvalue weighted by Crippen LogP contribution is -2.06. The molecule has 0 aliphatic heterocycles. The van der Waals surface area contributed by atoms with Crippen LogP contribution in [-0.4, -0.2) is 21.2 Å². The van der Waals surface area contributed by atoms with Crippen molar-refractivity contribution in [2.24, 2.45) is 0 Å². The summed E-state index contributed by atoms with van der Waals surface area (Å²) in [5.74, 6) is 0.682. The number of rotatable bonds is 6. The number of hydrogen-bond acceptors (Lipinski definition) is 6. The second kappa shape index (κ2) is 7.28. The van der Waals surface area contributed by atoms with Gasteiger partial charge in [-0.1, -0.05) is 18.2 Å². The predicted octanol–water partition coefficient (Wildman–Crippen LogP) is 3.36. The van der Waals surface area contributed by atoms with E-state index in [0.717, 1.165) is 0 Å². The third kappa shape index (κ3) is 3.70. The molecule has 2 heterocycles. The molecule has 0 bridgehead atoms. The highest BCUT2D eigenvalue weighted by Gasteiger charge is 2.06. The van der Waals surface area contributed by atoms with E-state index in [2.05, 4.69) is 25.6 Å². The first-order chi connectivity index (χ1) is 11.8. The monoisotopic (exact) mass is 322 g/mol. The predicted molar refractivity (Wildman–Crippen MR) is 91.2 cm³/mol. The minimum Gasteiger partial charge on any atom is -0.380 e. The maximum absolute atomic E-state index is 13.7. The first kappa shape index (κ1) is 15.5. The average molecular weight is 322 g/mol. The molecule has 3 aromatic rings. The number of pyridine rings is 1. The third-order valence-corrected chi connectivity index (χ3v) is 3.32. The van der Waals surface area contributed by atoms with Crippen LogP contribution < -0.4 is 10.6 Å². The molecule has 0 spiro atoms. The molecule has 1 aromatic carbocycles. The number of nitrogens with one attached hydrogen (secondary N) is 3. The van der Waals surface area contributed by atoms with Gasteiger partial charge in [0.2, 0.25) is 5.95 Å². The molecule has 0 aliphatic rings. The van der Waals surface area contributed by atoms with Gasteiger partial charge in [-0.05, 0) is 12.1 Å². The van der Waals surface area contributed by atoms with E-state index in [-0.39, 0.29) is 5.82 Å². The molecule has 3 N–H and O–H groups in total. The van der Waals surface area contributed by atoms with Crippen LogP contribution in [-0.2, 0) is 6.54 Å². The topological polar surface area (TPSA) is 86.6 Å². The summed E-state index contributed by atoms with van der Waals surface area (Å²) in [5.41, 5.74) is 1.82. The Morgan fingerprint density at radius 1 is 1.08 bits per heavy atom. The summed E-state index contributed by atoms with van der Waals surface area (Å²) in [6.45, 7) is 0.304. The normalized spacial score (nSPS) is 10.2. The van der Waals surface area contributed by atoms with Crippen LogP contribution in [0.15, 0.2) is 55.0 Å². The lowest BCUT2D eigenvalue weighted by atomic mass is 10.2. The van der Waals surface area contributed by atoms with Crippen LogP contribution in [0.25, 0.3) is 0 Å². The van der Waals surface area contributed by atoms with Gasteiger partial charge in [0.1, 0.15) is 11.6 Å². The molecule has 6 nitrogen and oxygen atoms in total. The minimum atomic E-state index is -0.272. The van der Waals surface area contributed by atoms with Crippen LogP contribution in [0.3, 0.4) is 0 Å². The molecule has 2 aromatic heterocycles. The Balaban J connectivity index is 1.79. The molecule has 7 heteroatoms. The fourth-order valence-electron chi connectivity index (χ4n) is 2.11. The van der Waals surface area contributed by atoms with Gasteiger partial charge in [0.25, 0.3) is 0 Å². The van der Waals surface area contributed by atoms with Crippen LogP contribution >= 0.6 is 0 Å². The third-order valence-electron chi connectivity index (χ3n) is 3.32. The number of hydrogen-bond donors (Lipinski definition) is 3. The fraction of sp³-hybridized carbons (Fsp3) is 0.0588. The maximum atomic E-state index is 13.7. The van der Waals surface area contributed by atoms with Crippen molar-refractivity contribution in [3.63, 3.8) is 0 Å². The molecule has 24 heavy (non-hydrogen) atoms. The molecule has 0 fully saturated rings. The lowest BCUT2D eigenvalue weighted by Gasteiger charge is -2.12. The van der Waals surface area contributed by atoms with Gasteiger partial charge in [-0.25, -0.2) is 19.3 Å². The van der Waals surface area contributed by atoms with Gasteiger partial charge in [0, 0.05) is 54.2 Å². The van der Waals surface area contributed by atoms with Crippen LogP contribution in [0.4, 0.5) is 21.8 Å². The summed E-state index contributed by atoms with van der Waals surface area (Å²) in [4.78, 5) is 12.4. The van der Waals surface area contributed by atoms with Crippen LogP contribution in [0.2, 0.25) is 0 Å². The Labute approximate surface area is 138 Å². The second-order valence-electron chi connectivity index (χ2n) is 4.94. The van der Waals surface area contributed by atoms with Crippen molar-refractivity contribution in [3.05, 3.63) is 71.9 Å². The summed E-state index contributed by atoms with van der Waals surface area (Å²) in [7, 11) is 0. The van der Waals surface area contributed by atoms with Gasteiger partial charge in [-0.15, -0.1) is 0 Å². The first-order valence-electron chi connectivity index (χ1n) is 7.28. The standard InChI is InChI=1S/C17H15FN6/c18-14-5-2-1-4-12(14)10-22-15-8-16(23-11-13(15)9-19)24-17-20-6-3-7-21-17/h1-9,11,19H,10H2,(H2,20,21,22,23,24). The van der Waals surface area contributed by atoms with Crippen molar-refractivity contribution in [1.29, 1.82) is 5.41 Å². The fourth-order valence-corrected chi connectivity index (χ4v) is 2.11. The molecule has 120 valence electrons. The molecule has 3 rings (SSSR count). The zero-order valence-electron chi connectivity index (χ0n) is 12.7. The van der Waals surface area contributed by atoms with Gasteiger partial charge in [0.15, 0.2) is 0 Å². The minimum absolute atomic E-state index is 0.272. The zero-order valence-corrected chi connectivity index (χ0v) is 12.7. The number of aromatic nitrogens is 3. The molecule has 0 unspecified atom stereocenters. The summed E-state index contributed by atoms with van der Waals surface area (Å²) in [6.07, 6.45) is 6.00. The molecule has 0 radical (unpaired) electrons. The quantitative estimate of drug-likeness (QED) is 0.606. The van der Waals surface area contributed by atoms with Gasteiger partial charge >= 0.3 is 0 Å². The Kier molecular flexibility index (Phi) is 4.71. The number of halogens is 1. The van der Waals surface area contributed by atoms with Crippen LogP contribution in [0.1, 0.15) is 11.1 Å². The molecular weight excluding hydrogens is 307 g/mol. The van der Waals surface area contributed by atoms with Gasteiger partial charge < -0.3 is 16.0 Å². The Bertz CT molecular complexity index is 837. The Morgan fingerprint density at radius 2 is 1.88 bits per heavy atom. The molecule has 0 amide bonds. The highest BCUT2D eigenvalue weighted by Crippen LogP contribution is 2.20. The highest BCUT2D eigenvalue weighted by atomic mass is 19.1. The molecular formula is C17H15FN6. The summed E-state index contributed by atoms with van der Waals surface area (Å²) in [6, 6.07) is 10.0. The van der Waals surface area contributed by atoms with Gasteiger partial charge in [-0.3, -0.25) is 0 Å². The van der Waals surface area contributed by atoms with E-state index in [9.17, 15) is 4.39 Å². The molecule has 0 aliphatic carbocycles. The van der Waals surface area contributed by atoms with E-state index in [1.807, 2.05) is 0 Å². The number of benzene rings is 1. The van der Waals surface area contributed by atoms with E-state index in [4.69, 9.17) is 5.41 Å². The van der Waals surface area contributed by atoms with Crippen molar-refractivity contribution in [1.82, 2.24) is 15.0 Å². The van der Waals surface area contributed by atoms with Gasteiger partial charge in [0.05, 0.1) is 0 Å². The first-order valence-corrected chi connectivity index (χ1v) is 7.28. The lowest BCUT2D eigenvalue weighted by molar-refractivity contribution is 0.613. The van der Waals surface area contributed by atoms with Crippen molar-refractivity contribution in [2.75, 3.05) is 10.6 Å². The zero-order chi connectivity index (χ0) is 16.8. The van der Waals surface area contributed by atoms with Crippen LogP contribution in [0, 0.1) is 11.2 Å². The number of nitrogens with zero attached hydrogens (tertiary/aromatic N) is 3. The smallest absolute Gasteiger partial charge is 0.228 e. The van der Waals surface area contributed by atoms with Crippen molar-refractivity contribution in [2.45, 2.75) is 6.54 Å². The van der Waals surface area contributed by atoms with Crippen molar-refractivity contribution >= 4 is 23.7 Å². The van der Waals surface area contributed by atoms with E-state index in [1.54, 1.807) is 48.9 Å². The maximum Gasteiger partial charge on any atom is 0.228 e. The molecule has 0 atom stereocenters. The van der Waals surface area contributed by atoms with Crippen molar-refractivity contribution < 1.29 is 4.39 Å². The highest BCUT2D eigenvalue weighted by molar-refractivity contribution is 5.86. The largest absolute Gasteiger partial charge is 0.380 e. The van der Waals surface area contributed by atoms with E-state index in [0.29, 0.717) is 35.1 Å². The average Bonchev–Trinajstić information content (AvgIpc) is 2.62. The van der Waals surface area contributed by atoms with Gasteiger partial charge in [-0.2, -0.15) is 0 Å². The SMILES string of the molecule is N=Cc1cnc(Nc2ncccn2)cc1NCc1ccccc1F. The molecule has 0 saturated heterocycles. The second-order valence-corrected chi connectivity index (χ2v) is 4.94.